The third kappa shape index (κ3) is 1.82. The second-order valence-electron chi connectivity index (χ2n) is 3.68. The number of nitrogens with zero attached hydrogens (tertiary/aromatic N) is 2. The minimum atomic E-state index is -1.70. The minimum absolute atomic E-state index is 0.636. The lowest BCUT2D eigenvalue weighted by molar-refractivity contribution is 0.413. The molecule has 0 saturated carbocycles. The lowest BCUT2D eigenvalue weighted by atomic mass is 10.2. The van der Waals surface area contributed by atoms with Gasteiger partial charge in [-0.3, -0.25) is 0 Å². The van der Waals surface area contributed by atoms with E-state index in [4.69, 9.17) is 8.92 Å². The van der Waals surface area contributed by atoms with Crippen molar-refractivity contribution in [3.63, 3.8) is 0 Å². The Hall–Kier alpha value is -1.75. The molecule has 0 amide bonds. The summed E-state index contributed by atoms with van der Waals surface area (Å²) in [5.74, 6) is 1.58. The Morgan fingerprint density at radius 2 is 2.29 bits per heavy atom. The van der Waals surface area contributed by atoms with E-state index in [9.17, 15) is 0 Å². The molecule has 1 atom stereocenters. The molecule has 0 N–H and O–H groups in total. The van der Waals surface area contributed by atoms with Crippen molar-refractivity contribution in [2.45, 2.75) is 0 Å². The molecule has 0 fully saturated rings. The quantitative estimate of drug-likeness (QED) is 0.761. The van der Waals surface area contributed by atoms with Crippen LogP contribution in [0.3, 0.4) is 0 Å². The van der Waals surface area contributed by atoms with E-state index in [2.05, 4.69) is 9.63 Å². The van der Waals surface area contributed by atoms with Crippen LogP contribution in [0.1, 0.15) is 5.56 Å². The first-order valence-electron chi connectivity index (χ1n) is 5.25. The van der Waals surface area contributed by atoms with Crippen LogP contribution in [0.15, 0.2) is 44.7 Å². The van der Waals surface area contributed by atoms with Crippen molar-refractivity contribution in [2.24, 2.45) is 9.63 Å². The molecule has 88 valence electrons. The summed E-state index contributed by atoms with van der Waals surface area (Å²) < 4.78 is 15.4. The Kier molecular flexibility index (Phi) is 2.40. The van der Waals surface area contributed by atoms with Gasteiger partial charge in [-0.15, -0.1) is 0 Å². The first-order valence-corrected chi connectivity index (χ1v) is 6.90. The Morgan fingerprint density at radius 3 is 3.06 bits per heavy atom. The fraction of sp³-hybridized carbons (Fsp3) is 0.167. The molecule has 1 aromatic carbocycles. The molecule has 1 aromatic rings. The average molecular weight is 248 g/mol. The Balaban J connectivity index is 2.01. The van der Waals surface area contributed by atoms with Gasteiger partial charge in [0.25, 0.3) is 0 Å². The highest BCUT2D eigenvalue weighted by Gasteiger charge is 2.26. The van der Waals surface area contributed by atoms with Crippen LogP contribution in [0.5, 0.6) is 11.5 Å². The van der Waals surface area contributed by atoms with Crippen LogP contribution >= 0.6 is 10.5 Å². The first-order chi connectivity index (χ1) is 8.31. The molecule has 2 aliphatic heterocycles. The zero-order chi connectivity index (χ0) is 11.7. The molecular formula is C12H12N2O2S. The Morgan fingerprint density at radius 1 is 1.35 bits per heavy atom. The number of fused-ring (bicyclic) bond motifs is 1. The lowest BCUT2D eigenvalue weighted by Crippen LogP contribution is -2.06. The molecule has 4 nitrogen and oxygen atoms in total. The van der Waals surface area contributed by atoms with Crippen LogP contribution in [-0.2, 0) is 0 Å². The van der Waals surface area contributed by atoms with Gasteiger partial charge in [-0.05, 0) is 18.2 Å². The maximum Gasteiger partial charge on any atom is 0.149 e. The molecular weight excluding hydrogens is 236 g/mol. The summed E-state index contributed by atoms with van der Waals surface area (Å²) in [6, 6.07) is 5.77. The molecule has 0 radical (unpaired) electrons. The van der Waals surface area contributed by atoms with Gasteiger partial charge in [-0.25, -0.2) is 0 Å². The third-order valence-corrected chi connectivity index (χ3v) is 4.48. The number of hydrogen-bond donors (Lipinski definition) is 0. The number of benzene rings is 1. The third-order valence-electron chi connectivity index (χ3n) is 2.55. The van der Waals surface area contributed by atoms with E-state index >= 15 is 0 Å². The van der Waals surface area contributed by atoms with Crippen molar-refractivity contribution in [3.8, 4) is 11.5 Å². The van der Waals surface area contributed by atoms with Gasteiger partial charge in [-0.2, -0.15) is 5.11 Å². The van der Waals surface area contributed by atoms with Gasteiger partial charge in [0, 0.05) is 22.4 Å². The number of ether oxygens (including phenoxy) is 1. The molecule has 1 unspecified atom stereocenters. The summed E-state index contributed by atoms with van der Waals surface area (Å²) >= 11 is 0. The highest BCUT2D eigenvalue weighted by Crippen LogP contribution is 2.58. The summed E-state index contributed by atoms with van der Waals surface area (Å²) in [5.41, 5.74) is 1.04. The monoisotopic (exact) mass is 248 g/mol. The van der Waals surface area contributed by atoms with Crippen LogP contribution in [0.25, 0.3) is 6.08 Å². The maximum absolute atomic E-state index is 5.97. The Bertz CT molecular complexity index is 525. The van der Waals surface area contributed by atoms with Gasteiger partial charge < -0.3 is 8.92 Å². The number of methoxy groups -OCH3 is 1. The topological polar surface area (TPSA) is 43.2 Å². The van der Waals surface area contributed by atoms with Crippen molar-refractivity contribution in [2.75, 3.05) is 13.7 Å². The van der Waals surface area contributed by atoms with Gasteiger partial charge in [0.2, 0.25) is 0 Å². The van der Waals surface area contributed by atoms with Crippen molar-refractivity contribution in [1.82, 2.24) is 0 Å². The molecule has 0 saturated heterocycles. The predicted octanol–water partition coefficient (Wildman–Crippen LogP) is 3.67. The molecule has 0 aromatic heterocycles. The summed E-state index contributed by atoms with van der Waals surface area (Å²) in [7, 11) is -0.0535. The number of rotatable bonds is 1. The van der Waals surface area contributed by atoms with Crippen LogP contribution in [-0.4, -0.2) is 13.7 Å². The smallest absolute Gasteiger partial charge is 0.149 e. The van der Waals surface area contributed by atoms with Crippen LogP contribution in [0, 0.1) is 0 Å². The largest absolute Gasteiger partial charge is 0.497 e. The van der Waals surface area contributed by atoms with Crippen molar-refractivity contribution in [1.29, 1.82) is 0 Å². The van der Waals surface area contributed by atoms with Crippen LogP contribution < -0.4 is 8.92 Å². The van der Waals surface area contributed by atoms with E-state index in [1.165, 1.54) is 0 Å². The van der Waals surface area contributed by atoms with E-state index in [-0.39, 0.29) is 0 Å². The normalized spacial score (nSPS) is 28.3. The summed E-state index contributed by atoms with van der Waals surface area (Å²) in [6.45, 7) is 0.636. The molecule has 17 heavy (non-hydrogen) atoms. The minimum Gasteiger partial charge on any atom is -0.497 e. The van der Waals surface area contributed by atoms with E-state index < -0.39 is 10.5 Å². The van der Waals surface area contributed by atoms with Crippen molar-refractivity contribution in [3.05, 3.63) is 40.7 Å². The van der Waals surface area contributed by atoms with Gasteiger partial charge in [0.1, 0.15) is 11.5 Å². The fourth-order valence-electron chi connectivity index (χ4n) is 1.69. The van der Waals surface area contributed by atoms with Crippen molar-refractivity contribution < 1.29 is 8.92 Å². The predicted molar refractivity (Wildman–Crippen MR) is 69.1 cm³/mol. The van der Waals surface area contributed by atoms with E-state index in [0.29, 0.717) is 6.54 Å². The maximum atomic E-state index is 5.97. The average Bonchev–Trinajstić information content (AvgIpc) is 2.39. The Labute approximate surface area is 101 Å². The van der Waals surface area contributed by atoms with Gasteiger partial charge in [0.15, 0.2) is 0 Å². The van der Waals surface area contributed by atoms with Crippen LogP contribution in [0.4, 0.5) is 0 Å². The van der Waals surface area contributed by atoms with E-state index in [1.807, 2.05) is 41.2 Å². The lowest BCUT2D eigenvalue weighted by Gasteiger charge is -2.32. The standard InChI is InChI=1S/C12H12N2O2S/c1-15-11-4-3-10-5-8-17(16-12(10)9-11)7-2-6-13-14-17/h2-5,7-9H,6H2,1H3. The molecule has 3 rings (SSSR count). The first kappa shape index (κ1) is 10.4. The second-order valence-corrected chi connectivity index (χ2v) is 5.78. The molecule has 2 aliphatic rings. The highest BCUT2D eigenvalue weighted by molar-refractivity contribution is 8.33. The highest BCUT2D eigenvalue weighted by atomic mass is 32.3. The summed E-state index contributed by atoms with van der Waals surface area (Å²) in [5, 5.41) is 8.02. The zero-order valence-electron chi connectivity index (χ0n) is 9.37. The van der Waals surface area contributed by atoms with Gasteiger partial charge in [0.05, 0.1) is 24.1 Å². The van der Waals surface area contributed by atoms with Crippen molar-refractivity contribution >= 4 is 16.6 Å². The molecule has 0 bridgehead atoms. The van der Waals surface area contributed by atoms with E-state index in [0.717, 1.165) is 17.1 Å². The summed E-state index contributed by atoms with van der Waals surface area (Å²) in [6.07, 6.45) is 4.01. The van der Waals surface area contributed by atoms with Gasteiger partial charge >= 0.3 is 0 Å². The molecule has 5 heteroatoms. The van der Waals surface area contributed by atoms with Gasteiger partial charge in [-0.1, -0.05) is 10.6 Å². The molecule has 0 aliphatic carbocycles. The SMILES string of the molecule is COc1ccc2c(c1)OS1(C=CCN=N1)C=C2. The molecule has 1 spiro atoms. The zero-order valence-corrected chi connectivity index (χ0v) is 10.2. The molecule has 2 heterocycles. The van der Waals surface area contributed by atoms with E-state index in [1.54, 1.807) is 7.11 Å². The van der Waals surface area contributed by atoms with Crippen LogP contribution in [0.2, 0.25) is 0 Å². The second kappa shape index (κ2) is 3.92. The summed E-state index contributed by atoms with van der Waals surface area (Å²) in [4.78, 5) is 0. The number of hydrogen-bond acceptors (Lipinski definition) is 4. The fourth-order valence-corrected chi connectivity index (χ4v) is 3.42.